The Morgan fingerprint density at radius 3 is 2.03 bits per heavy atom. The zero-order valence-corrected chi connectivity index (χ0v) is 17.0. The summed E-state index contributed by atoms with van der Waals surface area (Å²) >= 11 is 2.11. The molecule has 29 heavy (non-hydrogen) atoms. The third-order valence-corrected chi connectivity index (χ3v) is 5.48. The van der Waals surface area contributed by atoms with Crippen LogP contribution in [0.3, 0.4) is 0 Å². The number of amides is 2. The number of carbonyl (C=O) groups is 2. The number of hydrogen-bond donors (Lipinski definition) is 0. The molecular weight excluding hydrogens is 481 g/mol. The minimum Gasteiger partial charge on any atom is -0.267 e. The second-order valence-electron chi connectivity index (χ2n) is 6.55. The lowest BCUT2D eigenvalue weighted by Crippen LogP contribution is -2.47. The summed E-state index contributed by atoms with van der Waals surface area (Å²) in [5.41, 5.74) is 1.20. The molecule has 0 unspecified atom stereocenters. The number of carbonyl (C=O) groups excluding carboxylic acids is 2. The highest BCUT2D eigenvalue weighted by Crippen LogP contribution is 2.25. The second-order valence-corrected chi connectivity index (χ2v) is 7.79. The highest BCUT2D eigenvalue weighted by molar-refractivity contribution is 14.1. The number of imide groups is 1. The Balaban J connectivity index is 1.86. The van der Waals surface area contributed by atoms with Gasteiger partial charge in [-0.05, 0) is 52.9 Å². The highest BCUT2D eigenvalue weighted by atomic mass is 127. The van der Waals surface area contributed by atoms with Crippen molar-refractivity contribution in [3.63, 3.8) is 0 Å². The highest BCUT2D eigenvalue weighted by Gasteiger charge is 2.39. The molecule has 140 valence electrons. The maximum atomic E-state index is 13.5. The molecule has 2 amide bonds. The Bertz CT molecular complexity index is 1340. The fraction of sp³-hybridized carbons (Fsp3) is 0. The number of hydrogen-bond acceptors (Lipinski definition) is 4. The molecule has 1 aromatic heterocycles. The van der Waals surface area contributed by atoms with Gasteiger partial charge in [-0.2, -0.15) is 9.69 Å². The lowest BCUT2D eigenvalue weighted by Gasteiger charge is -2.21. The molecular formula is C22H12IN3O3. The molecule has 1 aliphatic rings. The molecule has 0 saturated heterocycles. The Kier molecular flexibility index (Phi) is 4.06. The standard InChI is InChI=1S/C22H12IN3O3/c23-14-10-11-18-17(12-14)22(29)25(19(24-18)13-6-2-1-3-7-13)26-20(27)15-8-4-5-9-16(15)21(26)28/h1-12H. The van der Waals surface area contributed by atoms with Crippen LogP contribution in [0.15, 0.2) is 77.6 Å². The zero-order valence-electron chi connectivity index (χ0n) is 14.9. The molecule has 0 N–H and O–H groups in total. The summed E-state index contributed by atoms with van der Waals surface area (Å²) in [6, 6.07) is 20.9. The topological polar surface area (TPSA) is 72.3 Å². The molecule has 5 rings (SSSR count). The largest absolute Gasteiger partial charge is 0.281 e. The Labute approximate surface area is 178 Å². The van der Waals surface area contributed by atoms with Gasteiger partial charge in [-0.3, -0.25) is 14.4 Å². The van der Waals surface area contributed by atoms with Crippen LogP contribution in [0.2, 0.25) is 0 Å². The first-order valence-corrected chi connectivity index (χ1v) is 9.90. The SMILES string of the molecule is O=C1c2ccccc2C(=O)N1n1c(-c2ccccc2)nc2ccc(I)cc2c1=O. The summed E-state index contributed by atoms with van der Waals surface area (Å²) in [5, 5.41) is 1.23. The molecule has 0 bridgehead atoms. The average molecular weight is 493 g/mol. The molecule has 0 spiro atoms. The van der Waals surface area contributed by atoms with Gasteiger partial charge < -0.3 is 0 Å². The first kappa shape index (κ1) is 17.7. The van der Waals surface area contributed by atoms with Gasteiger partial charge in [0.25, 0.3) is 17.4 Å². The first-order chi connectivity index (χ1) is 14.1. The van der Waals surface area contributed by atoms with Gasteiger partial charge in [0.1, 0.15) is 0 Å². The van der Waals surface area contributed by atoms with E-state index in [4.69, 9.17) is 0 Å². The van der Waals surface area contributed by atoms with E-state index in [2.05, 4.69) is 27.6 Å². The van der Waals surface area contributed by atoms with Gasteiger partial charge in [-0.25, -0.2) is 4.98 Å². The molecule has 0 radical (unpaired) electrons. The Hall–Kier alpha value is -3.33. The van der Waals surface area contributed by atoms with Crippen LogP contribution in [-0.2, 0) is 0 Å². The molecule has 0 aliphatic carbocycles. The summed E-state index contributed by atoms with van der Waals surface area (Å²) < 4.78 is 1.95. The number of benzene rings is 3. The maximum Gasteiger partial charge on any atom is 0.281 e. The predicted octanol–water partition coefficient (Wildman–Crippen LogP) is 3.60. The van der Waals surface area contributed by atoms with Crippen LogP contribution in [0.25, 0.3) is 22.3 Å². The third kappa shape index (κ3) is 2.69. The molecule has 7 heteroatoms. The maximum absolute atomic E-state index is 13.5. The van der Waals surface area contributed by atoms with Crippen molar-refractivity contribution in [2.24, 2.45) is 0 Å². The van der Waals surface area contributed by atoms with Crippen LogP contribution >= 0.6 is 22.6 Å². The van der Waals surface area contributed by atoms with E-state index in [0.29, 0.717) is 16.5 Å². The minimum absolute atomic E-state index is 0.235. The van der Waals surface area contributed by atoms with E-state index in [9.17, 15) is 14.4 Å². The van der Waals surface area contributed by atoms with Gasteiger partial charge in [-0.1, -0.05) is 42.5 Å². The van der Waals surface area contributed by atoms with Crippen LogP contribution < -0.4 is 10.6 Å². The van der Waals surface area contributed by atoms with Crippen LogP contribution in [0.4, 0.5) is 0 Å². The van der Waals surface area contributed by atoms with E-state index in [0.717, 1.165) is 13.3 Å². The van der Waals surface area contributed by atoms with Crippen molar-refractivity contribution in [1.29, 1.82) is 0 Å². The van der Waals surface area contributed by atoms with Gasteiger partial charge in [0.05, 0.1) is 22.0 Å². The summed E-state index contributed by atoms with van der Waals surface area (Å²) in [6.45, 7) is 0. The molecule has 6 nitrogen and oxygen atoms in total. The smallest absolute Gasteiger partial charge is 0.267 e. The van der Waals surface area contributed by atoms with E-state index in [1.54, 1.807) is 48.5 Å². The molecule has 4 aromatic rings. The normalized spacial score (nSPS) is 13.2. The summed E-state index contributed by atoms with van der Waals surface area (Å²) in [7, 11) is 0. The molecule has 2 heterocycles. The fourth-order valence-electron chi connectivity index (χ4n) is 3.47. The van der Waals surface area contributed by atoms with Gasteiger partial charge in [0.15, 0.2) is 5.82 Å². The monoisotopic (exact) mass is 493 g/mol. The first-order valence-electron chi connectivity index (χ1n) is 8.82. The quantitative estimate of drug-likeness (QED) is 0.316. The predicted molar refractivity (Wildman–Crippen MR) is 117 cm³/mol. The zero-order chi connectivity index (χ0) is 20.1. The van der Waals surface area contributed by atoms with Crippen molar-refractivity contribution in [3.8, 4) is 11.4 Å². The van der Waals surface area contributed by atoms with Crippen molar-refractivity contribution in [2.45, 2.75) is 0 Å². The number of aromatic nitrogens is 2. The molecule has 3 aromatic carbocycles. The van der Waals surface area contributed by atoms with E-state index >= 15 is 0 Å². The Morgan fingerprint density at radius 2 is 1.38 bits per heavy atom. The summed E-state index contributed by atoms with van der Waals surface area (Å²) in [5.74, 6) is -0.855. The molecule has 0 fully saturated rings. The van der Waals surface area contributed by atoms with Crippen molar-refractivity contribution >= 4 is 45.3 Å². The van der Waals surface area contributed by atoms with Gasteiger partial charge in [-0.15, -0.1) is 0 Å². The fourth-order valence-corrected chi connectivity index (χ4v) is 3.96. The van der Waals surface area contributed by atoms with Crippen molar-refractivity contribution in [3.05, 3.63) is 97.8 Å². The molecule has 0 saturated carbocycles. The van der Waals surface area contributed by atoms with E-state index < -0.39 is 17.4 Å². The Morgan fingerprint density at radius 1 is 0.759 bits per heavy atom. The second kappa shape index (κ2) is 6.63. The van der Waals surface area contributed by atoms with Crippen LogP contribution in [0, 0.1) is 3.57 Å². The lowest BCUT2D eigenvalue weighted by atomic mass is 10.1. The van der Waals surface area contributed by atoms with Crippen LogP contribution in [0.5, 0.6) is 0 Å². The number of fused-ring (bicyclic) bond motifs is 2. The van der Waals surface area contributed by atoms with Gasteiger partial charge in [0, 0.05) is 9.13 Å². The summed E-state index contributed by atoms with van der Waals surface area (Å²) in [6.07, 6.45) is 0. The van der Waals surface area contributed by atoms with Crippen molar-refractivity contribution in [1.82, 2.24) is 9.66 Å². The number of nitrogens with zero attached hydrogens (tertiary/aromatic N) is 3. The molecule has 1 aliphatic heterocycles. The third-order valence-electron chi connectivity index (χ3n) is 4.81. The molecule has 0 atom stereocenters. The van der Waals surface area contributed by atoms with Crippen LogP contribution in [-0.4, -0.2) is 21.5 Å². The van der Waals surface area contributed by atoms with Crippen molar-refractivity contribution < 1.29 is 9.59 Å². The van der Waals surface area contributed by atoms with E-state index in [1.807, 2.05) is 24.3 Å². The van der Waals surface area contributed by atoms with E-state index in [1.165, 1.54) is 0 Å². The van der Waals surface area contributed by atoms with Crippen molar-refractivity contribution in [2.75, 3.05) is 5.01 Å². The van der Waals surface area contributed by atoms with Crippen LogP contribution in [0.1, 0.15) is 20.7 Å². The average Bonchev–Trinajstić information content (AvgIpc) is 3.00. The van der Waals surface area contributed by atoms with Gasteiger partial charge in [0.2, 0.25) is 0 Å². The lowest BCUT2D eigenvalue weighted by molar-refractivity contribution is 0.0885. The van der Waals surface area contributed by atoms with Gasteiger partial charge >= 0.3 is 0 Å². The number of halogens is 1. The minimum atomic E-state index is -0.545. The van der Waals surface area contributed by atoms with E-state index in [-0.39, 0.29) is 17.0 Å². The number of rotatable bonds is 2. The summed E-state index contributed by atoms with van der Waals surface area (Å²) in [4.78, 5) is 44.2.